The number of halogens is 2. The lowest BCUT2D eigenvalue weighted by atomic mass is 10.1. The van der Waals surface area contributed by atoms with Crippen LogP contribution in [0.5, 0.6) is 0 Å². The molecular formula is C12H14F2N2O. The van der Waals surface area contributed by atoms with Crippen molar-refractivity contribution < 1.29 is 13.9 Å². The van der Waals surface area contributed by atoms with Crippen molar-refractivity contribution >= 4 is 11.9 Å². The van der Waals surface area contributed by atoms with Crippen LogP contribution in [0.15, 0.2) is 30.0 Å². The lowest BCUT2D eigenvalue weighted by Gasteiger charge is -2.09. The first kappa shape index (κ1) is 13.3. The van der Waals surface area contributed by atoms with Gasteiger partial charge in [-0.1, -0.05) is 6.92 Å². The quantitative estimate of drug-likeness (QED) is 0.693. The molecule has 1 aromatic rings. The number of aliphatic hydroxyl groups excluding tert-OH is 1. The van der Waals surface area contributed by atoms with Crippen LogP contribution in [0.3, 0.4) is 0 Å². The Morgan fingerprint density at radius 2 is 2.24 bits per heavy atom. The molecule has 3 N–H and O–H groups in total. The van der Waals surface area contributed by atoms with Crippen LogP contribution >= 0.6 is 0 Å². The first-order valence-electron chi connectivity index (χ1n) is 5.18. The Hall–Kier alpha value is -1.75. The molecule has 1 rings (SSSR count). The van der Waals surface area contributed by atoms with Gasteiger partial charge in [0.2, 0.25) is 0 Å². The Bertz CT molecular complexity index is 433. The molecule has 0 saturated carbocycles. The van der Waals surface area contributed by atoms with Crippen molar-refractivity contribution in [1.29, 1.82) is 5.41 Å². The molecule has 0 aliphatic rings. The molecule has 0 fully saturated rings. The van der Waals surface area contributed by atoms with E-state index in [0.717, 1.165) is 18.3 Å². The van der Waals surface area contributed by atoms with E-state index in [1.165, 1.54) is 12.3 Å². The first-order valence-corrected chi connectivity index (χ1v) is 5.18. The minimum absolute atomic E-state index is 0.0917. The fourth-order valence-corrected chi connectivity index (χ4v) is 1.24. The van der Waals surface area contributed by atoms with Crippen LogP contribution in [0.4, 0.5) is 14.5 Å². The molecule has 0 aliphatic heterocycles. The first-order chi connectivity index (χ1) is 8.08. The Morgan fingerprint density at radius 3 is 2.76 bits per heavy atom. The topological polar surface area (TPSA) is 56.1 Å². The van der Waals surface area contributed by atoms with Gasteiger partial charge < -0.3 is 15.8 Å². The number of nitrogens with one attached hydrogen (secondary N) is 2. The van der Waals surface area contributed by atoms with Gasteiger partial charge in [-0.15, -0.1) is 0 Å². The van der Waals surface area contributed by atoms with Gasteiger partial charge in [-0.05, 0) is 18.6 Å². The van der Waals surface area contributed by atoms with Crippen LogP contribution in [0, 0.1) is 17.0 Å². The summed E-state index contributed by atoms with van der Waals surface area (Å²) in [5, 5.41) is 19.2. The highest BCUT2D eigenvalue weighted by molar-refractivity contribution is 5.77. The number of benzene rings is 1. The molecule has 1 atom stereocenters. The van der Waals surface area contributed by atoms with Gasteiger partial charge in [0.25, 0.3) is 0 Å². The zero-order valence-corrected chi connectivity index (χ0v) is 9.37. The molecule has 0 aliphatic carbocycles. The molecule has 5 heteroatoms. The van der Waals surface area contributed by atoms with Crippen LogP contribution in [0.1, 0.15) is 13.3 Å². The zero-order chi connectivity index (χ0) is 12.8. The van der Waals surface area contributed by atoms with E-state index in [0.29, 0.717) is 12.0 Å². The molecule has 0 saturated heterocycles. The van der Waals surface area contributed by atoms with Crippen LogP contribution in [-0.4, -0.2) is 17.4 Å². The third kappa shape index (κ3) is 3.64. The predicted molar refractivity (Wildman–Crippen MR) is 63.1 cm³/mol. The minimum atomic E-state index is -0.775. The summed E-state index contributed by atoms with van der Waals surface area (Å²) in [6.45, 7) is 1.76. The van der Waals surface area contributed by atoms with Crippen molar-refractivity contribution in [2.24, 2.45) is 0 Å². The average molecular weight is 240 g/mol. The van der Waals surface area contributed by atoms with Crippen molar-refractivity contribution in [2.45, 2.75) is 19.4 Å². The Labute approximate surface area is 98.3 Å². The fourth-order valence-electron chi connectivity index (χ4n) is 1.24. The van der Waals surface area contributed by atoms with E-state index in [9.17, 15) is 13.9 Å². The van der Waals surface area contributed by atoms with Gasteiger partial charge in [0.05, 0.1) is 11.8 Å². The molecule has 0 bridgehead atoms. The number of rotatable bonds is 5. The Kier molecular flexibility index (Phi) is 4.78. The van der Waals surface area contributed by atoms with Gasteiger partial charge in [-0.3, -0.25) is 0 Å². The van der Waals surface area contributed by atoms with Gasteiger partial charge >= 0.3 is 0 Å². The molecular weight excluding hydrogens is 226 g/mol. The third-order valence-corrected chi connectivity index (χ3v) is 2.26. The second kappa shape index (κ2) is 6.10. The normalized spacial score (nSPS) is 13.3. The van der Waals surface area contributed by atoms with Crippen molar-refractivity contribution in [3.05, 3.63) is 41.6 Å². The van der Waals surface area contributed by atoms with Crippen LogP contribution < -0.4 is 5.32 Å². The van der Waals surface area contributed by atoms with Gasteiger partial charge in [-0.25, -0.2) is 8.78 Å². The van der Waals surface area contributed by atoms with Crippen molar-refractivity contribution in [3.8, 4) is 0 Å². The van der Waals surface area contributed by atoms with E-state index in [1.54, 1.807) is 6.92 Å². The Morgan fingerprint density at radius 1 is 1.53 bits per heavy atom. The second-order valence-corrected chi connectivity index (χ2v) is 3.48. The monoisotopic (exact) mass is 240 g/mol. The Balaban J connectivity index is 2.83. The fraction of sp³-hybridized carbons (Fsp3) is 0.250. The SMILES string of the molecule is CCC(O)/C(C=N)=C/Nc1ccc(F)cc1F. The number of hydrogen-bond donors (Lipinski definition) is 3. The highest BCUT2D eigenvalue weighted by atomic mass is 19.1. The summed E-state index contributed by atoms with van der Waals surface area (Å²) in [5.74, 6) is -1.38. The highest BCUT2D eigenvalue weighted by Gasteiger charge is 2.06. The van der Waals surface area contributed by atoms with Crippen LogP contribution in [0.2, 0.25) is 0 Å². The summed E-state index contributed by atoms with van der Waals surface area (Å²) in [4.78, 5) is 0. The second-order valence-electron chi connectivity index (χ2n) is 3.48. The van der Waals surface area contributed by atoms with Crippen molar-refractivity contribution in [3.63, 3.8) is 0 Å². The summed E-state index contributed by atoms with van der Waals surface area (Å²) in [6, 6.07) is 3.14. The molecule has 0 amide bonds. The zero-order valence-electron chi connectivity index (χ0n) is 9.37. The maximum absolute atomic E-state index is 13.2. The van der Waals surface area contributed by atoms with Gasteiger partial charge in [0.15, 0.2) is 0 Å². The molecule has 17 heavy (non-hydrogen) atoms. The van der Waals surface area contributed by atoms with E-state index in [4.69, 9.17) is 5.41 Å². The molecule has 0 radical (unpaired) electrons. The smallest absolute Gasteiger partial charge is 0.149 e. The van der Waals surface area contributed by atoms with E-state index in [-0.39, 0.29) is 5.69 Å². The molecule has 0 heterocycles. The number of anilines is 1. The highest BCUT2D eigenvalue weighted by Crippen LogP contribution is 2.15. The summed E-state index contributed by atoms with van der Waals surface area (Å²) in [5.41, 5.74) is 0.422. The van der Waals surface area contributed by atoms with E-state index >= 15 is 0 Å². The minimum Gasteiger partial charge on any atom is -0.388 e. The molecule has 0 aromatic heterocycles. The van der Waals surface area contributed by atoms with Crippen molar-refractivity contribution in [1.82, 2.24) is 0 Å². The lowest BCUT2D eigenvalue weighted by molar-refractivity contribution is 0.213. The molecule has 3 nitrogen and oxygen atoms in total. The average Bonchev–Trinajstić information content (AvgIpc) is 2.31. The van der Waals surface area contributed by atoms with Gasteiger partial charge in [0, 0.05) is 24.1 Å². The van der Waals surface area contributed by atoms with Crippen LogP contribution in [-0.2, 0) is 0 Å². The maximum Gasteiger partial charge on any atom is 0.149 e. The van der Waals surface area contributed by atoms with Crippen molar-refractivity contribution in [2.75, 3.05) is 5.32 Å². The van der Waals surface area contributed by atoms with Crippen LogP contribution in [0.25, 0.3) is 0 Å². The van der Waals surface area contributed by atoms with E-state index in [1.807, 2.05) is 0 Å². The molecule has 1 unspecified atom stereocenters. The molecule has 92 valence electrons. The third-order valence-electron chi connectivity index (χ3n) is 2.26. The molecule has 0 spiro atoms. The van der Waals surface area contributed by atoms with Gasteiger partial charge in [-0.2, -0.15) is 0 Å². The lowest BCUT2D eigenvalue weighted by Crippen LogP contribution is -2.11. The summed E-state index contributed by atoms with van der Waals surface area (Å²) < 4.78 is 25.9. The van der Waals surface area contributed by atoms with E-state index < -0.39 is 17.7 Å². The van der Waals surface area contributed by atoms with E-state index in [2.05, 4.69) is 5.32 Å². The predicted octanol–water partition coefficient (Wildman–Crippen LogP) is 2.68. The number of aliphatic hydroxyl groups is 1. The largest absolute Gasteiger partial charge is 0.388 e. The standard InChI is InChI=1S/C12H14F2N2O/c1-2-12(17)8(6-15)7-16-11-4-3-9(13)5-10(11)14/h3-7,12,15-17H,2H2,1H3/b8-7+,15-6?. The number of hydrogen-bond acceptors (Lipinski definition) is 3. The molecule has 1 aromatic carbocycles. The summed E-state index contributed by atoms with van der Waals surface area (Å²) >= 11 is 0. The maximum atomic E-state index is 13.2. The summed E-state index contributed by atoms with van der Waals surface area (Å²) in [7, 11) is 0. The van der Waals surface area contributed by atoms with Gasteiger partial charge in [0.1, 0.15) is 11.6 Å². The summed E-state index contributed by atoms with van der Waals surface area (Å²) in [6.07, 6.45) is 2.00.